The highest BCUT2D eigenvalue weighted by molar-refractivity contribution is 7.90. The predicted octanol–water partition coefficient (Wildman–Crippen LogP) is 6.64. The van der Waals surface area contributed by atoms with Crippen molar-refractivity contribution in [2.45, 2.75) is 94.8 Å². The van der Waals surface area contributed by atoms with Crippen molar-refractivity contribution in [1.82, 2.24) is 9.62 Å². The highest BCUT2D eigenvalue weighted by Crippen LogP contribution is 2.46. The topological polar surface area (TPSA) is 97.4 Å². The molecule has 1 aliphatic carbocycles. The largest absolute Gasteiger partial charge is 0.487 e. The Morgan fingerprint density at radius 3 is 2.42 bits per heavy atom. The second-order valence-electron chi connectivity index (χ2n) is 15.3. The Bertz CT molecular complexity index is 1630. The summed E-state index contributed by atoms with van der Waals surface area (Å²) in [7, 11) is -3.91. The van der Waals surface area contributed by atoms with Gasteiger partial charge < -0.3 is 19.1 Å². The monoisotopic (exact) mass is 747 g/mol. The van der Waals surface area contributed by atoms with Gasteiger partial charge in [-0.3, -0.25) is 9.69 Å². The summed E-state index contributed by atoms with van der Waals surface area (Å²) in [5.74, 6) is 0.986. The molecule has 5 aliphatic rings. The Labute approximate surface area is 307 Å². The molecule has 0 radical (unpaired) electrons. The Morgan fingerprint density at radius 2 is 1.68 bits per heavy atom. The number of amides is 1. The smallest absolute Gasteiger partial charge is 0.264 e. The molecule has 7 rings (SSSR count). The van der Waals surface area contributed by atoms with Crippen LogP contribution in [0.5, 0.6) is 5.75 Å². The maximum atomic E-state index is 13.5. The minimum Gasteiger partial charge on any atom is -0.487 e. The van der Waals surface area contributed by atoms with Crippen molar-refractivity contribution in [1.29, 1.82) is 0 Å². The molecule has 2 aromatic rings. The lowest BCUT2D eigenvalue weighted by Crippen LogP contribution is -2.59. The number of nitrogens with one attached hydrogen (secondary N) is 1. The third-order valence-electron chi connectivity index (χ3n) is 12.1. The molecule has 274 valence electrons. The number of sulfonamides is 1. The summed E-state index contributed by atoms with van der Waals surface area (Å²) in [5.41, 5.74) is 3.41. The van der Waals surface area contributed by atoms with Gasteiger partial charge in [-0.1, -0.05) is 31.0 Å². The molecule has 2 bridgehead atoms. The van der Waals surface area contributed by atoms with Gasteiger partial charge in [-0.25, -0.2) is 13.1 Å². The third kappa shape index (κ3) is 7.96. The molecule has 1 amide bonds. The van der Waals surface area contributed by atoms with Crippen LogP contribution in [-0.2, 0) is 32.5 Å². The fraction of sp³-hybridized carbons (Fsp3) is 0.658. The molecule has 4 aliphatic heterocycles. The number of halogens is 2. The minimum atomic E-state index is -3.91. The van der Waals surface area contributed by atoms with Gasteiger partial charge >= 0.3 is 0 Å². The van der Waals surface area contributed by atoms with Gasteiger partial charge in [-0.2, -0.15) is 0 Å². The number of aryl methyl sites for hydroxylation is 1. The maximum absolute atomic E-state index is 13.5. The lowest BCUT2D eigenvalue weighted by Gasteiger charge is -2.49. The van der Waals surface area contributed by atoms with Crippen LogP contribution in [0.25, 0.3) is 0 Å². The molecule has 0 aromatic heterocycles. The first-order valence-corrected chi connectivity index (χ1v) is 20.9. The first-order chi connectivity index (χ1) is 24.1. The zero-order valence-electron chi connectivity index (χ0n) is 29.2. The van der Waals surface area contributed by atoms with Crippen LogP contribution in [0.4, 0.5) is 5.69 Å². The number of benzene rings is 2. The number of hydrogen-bond acceptors (Lipinski definition) is 8. The second-order valence-corrected chi connectivity index (χ2v) is 18.4. The summed E-state index contributed by atoms with van der Waals surface area (Å²) in [6.45, 7) is 8.67. The van der Waals surface area contributed by atoms with Crippen LogP contribution in [0, 0.1) is 23.7 Å². The number of ether oxygens (including phenoxy) is 3. The average molecular weight is 749 g/mol. The summed E-state index contributed by atoms with van der Waals surface area (Å²) >= 11 is 12.6. The van der Waals surface area contributed by atoms with Crippen LogP contribution < -0.4 is 14.4 Å². The van der Waals surface area contributed by atoms with E-state index in [2.05, 4.69) is 14.5 Å². The van der Waals surface area contributed by atoms with Gasteiger partial charge in [0.1, 0.15) is 12.4 Å². The lowest BCUT2D eigenvalue weighted by molar-refractivity contribution is -0.246. The summed E-state index contributed by atoms with van der Waals surface area (Å²) in [6.07, 6.45) is 7.28. The molecular weight excluding hydrogens is 697 g/mol. The van der Waals surface area contributed by atoms with Crippen molar-refractivity contribution < 1.29 is 27.4 Å². The van der Waals surface area contributed by atoms with Gasteiger partial charge in [0.2, 0.25) is 10.0 Å². The highest BCUT2D eigenvalue weighted by Gasteiger charge is 2.45. The molecule has 50 heavy (non-hydrogen) atoms. The molecule has 3 fully saturated rings. The van der Waals surface area contributed by atoms with Crippen molar-refractivity contribution in [3.05, 3.63) is 58.1 Å². The first kappa shape index (κ1) is 36.3. The fourth-order valence-corrected chi connectivity index (χ4v) is 10.4. The van der Waals surface area contributed by atoms with E-state index in [4.69, 9.17) is 37.4 Å². The number of likely N-dealkylation sites (tertiary alicyclic amines) is 1. The van der Waals surface area contributed by atoms with Crippen molar-refractivity contribution >= 4 is 44.8 Å². The fourth-order valence-electron chi connectivity index (χ4n) is 8.52. The quantitative estimate of drug-likeness (QED) is 0.342. The van der Waals surface area contributed by atoms with E-state index < -0.39 is 21.2 Å². The Hall–Kier alpha value is -2.08. The molecule has 0 spiro atoms. The van der Waals surface area contributed by atoms with Gasteiger partial charge in [-0.15, -0.1) is 11.6 Å². The molecule has 2 aromatic carbocycles. The summed E-state index contributed by atoms with van der Waals surface area (Å²) < 4.78 is 48.9. The number of hydrogen-bond donors (Lipinski definition) is 1. The third-order valence-corrected chi connectivity index (χ3v) is 14.5. The number of carbonyl (C=O) groups excluding carboxylic acids is 1. The van der Waals surface area contributed by atoms with E-state index in [9.17, 15) is 13.2 Å². The van der Waals surface area contributed by atoms with Crippen molar-refractivity contribution in [2.75, 3.05) is 44.3 Å². The number of anilines is 1. The van der Waals surface area contributed by atoms with Crippen molar-refractivity contribution in [3.63, 3.8) is 0 Å². The Morgan fingerprint density at radius 1 is 0.880 bits per heavy atom. The van der Waals surface area contributed by atoms with Gasteiger partial charge in [0.05, 0.1) is 35.6 Å². The van der Waals surface area contributed by atoms with Crippen LogP contribution in [0.2, 0.25) is 5.02 Å². The van der Waals surface area contributed by atoms with E-state index in [1.54, 1.807) is 13.0 Å². The maximum Gasteiger partial charge on any atom is 0.264 e. The molecular formula is C38H51Cl2N3O6S. The lowest BCUT2D eigenvalue weighted by atomic mass is 9.65. The minimum absolute atomic E-state index is 0.132. The number of carbonyl (C=O) groups is 1. The van der Waals surface area contributed by atoms with Crippen LogP contribution in [0.15, 0.2) is 36.4 Å². The van der Waals surface area contributed by atoms with E-state index in [1.807, 2.05) is 37.3 Å². The Kier molecular flexibility index (Phi) is 11.2. The van der Waals surface area contributed by atoms with Gasteiger partial charge in [-0.05, 0) is 111 Å². The van der Waals surface area contributed by atoms with E-state index in [0.717, 1.165) is 93.8 Å². The van der Waals surface area contributed by atoms with Gasteiger partial charge in [0, 0.05) is 42.7 Å². The summed E-state index contributed by atoms with van der Waals surface area (Å²) in [4.78, 5) is 18.3. The number of fused-ring (bicyclic) bond motifs is 3. The molecule has 12 heteroatoms. The summed E-state index contributed by atoms with van der Waals surface area (Å²) in [6, 6.07) is 11.5. The van der Waals surface area contributed by atoms with E-state index in [-0.39, 0.29) is 29.5 Å². The summed E-state index contributed by atoms with van der Waals surface area (Å²) in [5, 5.41) is 0.198. The average Bonchev–Trinajstić information content (AvgIpc) is 3.10. The molecule has 5 atom stereocenters. The SMILES string of the molecule is C[C@@H]1[C@@H](C)CCC[C@H](C2OCC(N3CC(Cl)C3)CO2)[C@@H]2CC[C@H]2CN2CCCCc3cc(Cl)ccc3COc3ccc(cc32)C(=O)NS1(=O)=O. The normalized spacial score (nSPS) is 32.9. The van der Waals surface area contributed by atoms with Crippen LogP contribution in [0.1, 0.15) is 80.3 Å². The molecule has 0 unspecified atom stereocenters. The van der Waals surface area contributed by atoms with Gasteiger partial charge in [0.25, 0.3) is 5.91 Å². The highest BCUT2D eigenvalue weighted by atomic mass is 35.5. The molecule has 1 saturated carbocycles. The zero-order valence-corrected chi connectivity index (χ0v) is 31.5. The molecule has 4 heterocycles. The van der Waals surface area contributed by atoms with Crippen LogP contribution >= 0.6 is 23.2 Å². The van der Waals surface area contributed by atoms with E-state index >= 15 is 0 Å². The number of rotatable bonds is 2. The Balaban J connectivity index is 1.19. The zero-order chi connectivity index (χ0) is 35.0. The molecule has 1 N–H and O–H groups in total. The molecule has 2 saturated heterocycles. The van der Waals surface area contributed by atoms with Crippen molar-refractivity contribution in [3.8, 4) is 5.75 Å². The number of alkyl halides is 1. The van der Waals surface area contributed by atoms with Crippen LogP contribution in [-0.4, -0.2) is 81.6 Å². The second kappa shape index (κ2) is 15.5. The standard InChI is InChI=1S/C38H51Cl2N3O6S/c1-24-6-5-8-34(38-48-22-32(23-49-38)43-19-31(40)20-43)33-13-10-28(33)18-42-15-4-3-7-26-16-30(39)12-9-29(26)21-47-36-14-11-27(17-35(36)42)37(44)41-50(45,46)25(24)2/h9,11-12,14,16-17,24-25,28,31-34,38H,3-8,10,13,15,18-23H2,1-2H3,(H,41,44)/t24-,25+,28-,32?,33+,34-,38?/m0/s1. The van der Waals surface area contributed by atoms with Gasteiger partial charge in [0.15, 0.2) is 6.29 Å². The predicted molar refractivity (Wildman–Crippen MR) is 197 cm³/mol. The van der Waals surface area contributed by atoms with E-state index in [1.165, 1.54) is 5.56 Å². The molecule has 9 nitrogen and oxygen atoms in total. The number of nitrogens with zero attached hydrogens (tertiary/aromatic N) is 2. The van der Waals surface area contributed by atoms with E-state index in [0.29, 0.717) is 43.0 Å². The van der Waals surface area contributed by atoms with Crippen LogP contribution in [0.3, 0.4) is 0 Å². The first-order valence-electron chi connectivity index (χ1n) is 18.5. The van der Waals surface area contributed by atoms with Crippen molar-refractivity contribution in [2.24, 2.45) is 23.7 Å².